The molecule has 0 heterocycles. The van der Waals surface area contributed by atoms with Crippen LogP contribution >= 0.6 is 77.0 Å². The Kier molecular flexibility index (Phi) is 22.3. The third kappa shape index (κ3) is 17.8. The summed E-state index contributed by atoms with van der Waals surface area (Å²) < 4.78 is 35.4. The predicted molar refractivity (Wildman–Crippen MR) is 162 cm³/mol. The highest BCUT2D eigenvalue weighted by Crippen LogP contribution is 2.31. The van der Waals surface area contributed by atoms with Crippen LogP contribution in [-0.4, -0.2) is 88.3 Å². The summed E-state index contributed by atoms with van der Waals surface area (Å²) in [7, 11) is 0. The molecule has 0 N–H and O–H groups in total. The van der Waals surface area contributed by atoms with Crippen LogP contribution in [0.4, 0.5) is 0 Å². The van der Waals surface area contributed by atoms with Crippen LogP contribution in [0.3, 0.4) is 0 Å². The highest BCUT2D eigenvalue weighted by atomic mass is 127. The second-order valence-electron chi connectivity index (χ2n) is 7.31. The molecule has 0 spiro atoms. The van der Waals surface area contributed by atoms with Crippen LogP contribution < -0.4 is 9.47 Å². The van der Waals surface area contributed by atoms with E-state index in [0.29, 0.717) is 102 Å². The lowest BCUT2D eigenvalue weighted by atomic mass is 10.2. The van der Waals surface area contributed by atoms with Crippen LogP contribution in [0.1, 0.15) is 25.7 Å². The van der Waals surface area contributed by atoms with Crippen molar-refractivity contribution in [1.29, 1.82) is 0 Å². The number of hydrogen-bond acceptors (Lipinski definition) is 8. The molecule has 0 saturated carbocycles. The van der Waals surface area contributed by atoms with Crippen LogP contribution in [-0.2, 0) is 28.5 Å². The van der Waals surface area contributed by atoms with Gasteiger partial charge in [-0.3, -0.25) is 9.59 Å². The van der Waals surface area contributed by atoms with E-state index in [9.17, 15) is 9.59 Å². The Labute approximate surface area is 257 Å². The Bertz CT molecular complexity index is 693. The molecular formula is C24H34Br2I2O8. The van der Waals surface area contributed by atoms with Gasteiger partial charge in [0.15, 0.2) is 0 Å². The number of Topliss-reactive ketones (excluding diaryl/α,β-unsaturated/α-hetero) is 2. The summed E-state index contributed by atoms with van der Waals surface area (Å²) in [6, 6.07) is 3.88. The molecule has 36 heavy (non-hydrogen) atoms. The smallest absolute Gasteiger partial charge is 0.136 e. The number of carbonyl (C=O) groups excluding carboxylic acids is 2. The van der Waals surface area contributed by atoms with Gasteiger partial charge in [0.05, 0.1) is 60.0 Å². The van der Waals surface area contributed by atoms with E-state index >= 15 is 0 Å². The minimum Gasteiger partial charge on any atom is -0.490 e. The van der Waals surface area contributed by atoms with E-state index in [4.69, 9.17) is 28.4 Å². The summed E-state index contributed by atoms with van der Waals surface area (Å²) in [6.07, 6.45) is 1.96. The molecule has 0 fully saturated rings. The van der Waals surface area contributed by atoms with Crippen molar-refractivity contribution in [3.8, 4) is 11.5 Å². The van der Waals surface area contributed by atoms with E-state index in [1.165, 1.54) is 0 Å². The molecule has 1 aromatic rings. The lowest BCUT2D eigenvalue weighted by Gasteiger charge is -2.13. The summed E-state index contributed by atoms with van der Waals surface area (Å²) in [4.78, 5) is 22.8. The van der Waals surface area contributed by atoms with Gasteiger partial charge in [-0.05, 0) is 57.3 Å². The molecule has 0 aliphatic rings. The van der Waals surface area contributed by atoms with Crippen LogP contribution in [0.5, 0.6) is 11.5 Å². The Morgan fingerprint density at radius 2 is 0.889 bits per heavy atom. The average Bonchev–Trinajstić information content (AvgIpc) is 2.84. The number of hydrogen-bond donors (Lipinski definition) is 0. The molecule has 1 aromatic carbocycles. The lowest BCUT2D eigenvalue weighted by Crippen LogP contribution is -2.13. The number of alkyl halides is 2. The van der Waals surface area contributed by atoms with E-state index < -0.39 is 0 Å². The molecular weight excluding hydrogens is 830 g/mol. The van der Waals surface area contributed by atoms with Gasteiger partial charge >= 0.3 is 0 Å². The first kappa shape index (κ1) is 34.4. The summed E-state index contributed by atoms with van der Waals surface area (Å²) in [6.45, 7) is 4.45. The fourth-order valence-corrected chi connectivity index (χ4v) is 4.70. The lowest BCUT2D eigenvalue weighted by molar-refractivity contribution is -0.120. The van der Waals surface area contributed by atoms with Crippen LogP contribution in [0.25, 0.3) is 0 Å². The molecule has 0 amide bonds. The van der Waals surface area contributed by atoms with Crippen molar-refractivity contribution in [2.24, 2.45) is 0 Å². The quantitative estimate of drug-likeness (QED) is 0.0797. The number of benzene rings is 1. The number of carbonyl (C=O) groups is 2. The van der Waals surface area contributed by atoms with Gasteiger partial charge in [0.2, 0.25) is 0 Å². The maximum absolute atomic E-state index is 11.4. The maximum atomic E-state index is 11.4. The van der Waals surface area contributed by atoms with Crippen LogP contribution in [0, 0.1) is 7.14 Å². The Hall–Kier alpha value is 0.420. The number of rotatable bonds is 24. The van der Waals surface area contributed by atoms with Crippen molar-refractivity contribution in [3.05, 3.63) is 19.3 Å². The summed E-state index contributed by atoms with van der Waals surface area (Å²) in [5, 5.41) is 1.39. The molecule has 0 aromatic heterocycles. The number of ketones is 2. The molecule has 206 valence electrons. The van der Waals surface area contributed by atoms with Gasteiger partial charge in [-0.25, -0.2) is 0 Å². The molecule has 12 heteroatoms. The van der Waals surface area contributed by atoms with Gasteiger partial charge in [0.25, 0.3) is 0 Å². The molecule has 8 nitrogen and oxygen atoms in total. The summed E-state index contributed by atoms with van der Waals surface area (Å²) >= 11 is 10.9. The zero-order chi connectivity index (χ0) is 26.4. The number of ether oxygens (including phenoxy) is 6. The maximum Gasteiger partial charge on any atom is 0.136 e. The van der Waals surface area contributed by atoms with Gasteiger partial charge in [-0.15, -0.1) is 0 Å². The van der Waals surface area contributed by atoms with Crippen molar-refractivity contribution in [2.45, 2.75) is 25.7 Å². The summed E-state index contributed by atoms with van der Waals surface area (Å²) in [5.41, 5.74) is 0. The third-order valence-electron chi connectivity index (χ3n) is 4.50. The summed E-state index contributed by atoms with van der Waals surface area (Å²) in [5.74, 6) is 1.95. The minimum absolute atomic E-state index is 0.198. The highest BCUT2D eigenvalue weighted by molar-refractivity contribution is 14.1. The third-order valence-corrected chi connectivity index (χ3v) is 6.98. The predicted octanol–water partition coefficient (Wildman–Crippen LogP) is 5.21. The molecule has 1 rings (SSSR count). The topological polar surface area (TPSA) is 89.5 Å². The van der Waals surface area contributed by atoms with Gasteiger partial charge in [-0.2, -0.15) is 0 Å². The van der Waals surface area contributed by atoms with Crippen LogP contribution in [0.2, 0.25) is 0 Å². The molecule has 0 aliphatic carbocycles. The molecule has 0 aliphatic heterocycles. The molecule has 0 bridgehead atoms. The Morgan fingerprint density at radius 1 is 0.556 bits per heavy atom. The van der Waals surface area contributed by atoms with E-state index in [1.54, 1.807) is 0 Å². The van der Waals surface area contributed by atoms with Crippen molar-refractivity contribution in [1.82, 2.24) is 0 Å². The SMILES string of the molecule is O=C(CCBr)CCOCCOCCOc1cc(I)c(OCCOCCOCCC(=O)CCBr)cc1I. The van der Waals surface area contributed by atoms with Crippen molar-refractivity contribution in [3.63, 3.8) is 0 Å². The largest absolute Gasteiger partial charge is 0.490 e. The Morgan fingerprint density at radius 3 is 1.25 bits per heavy atom. The van der Waals surface area contributed by atoms with Gasteiger partial charge in [0.1, 0.15) is 36.3 Å². The fourth-order valence-electron chi connectivity index (χ4n) is 2.63. The van der Waals surface area contributed by atoms with Gasteiger partial charge in [0, 0.05) is 36.3 Å². The second-order valence-corrected chi connectivity index (χ2v) is 11.2. The second kappa shape index (κ2) is 23.3. The van der Waals surface area contributed by atoms with Crippen molar-refractivity contribution < 1.29 is 38.0 Å². The molecule has 0 saturated heterocycles. The first-order valence-corrected chi connectivity index (χ1v) is 16.1. The molecule has 0 radical (unpaired) electrons. The first-order valence-electron chi connectivity index (χ1n) is 11.7. The van der Waals surface area contributed by atoms with Gasteiger partial charge in [-0.1, -0.05) is 31.9 Å². The van der Waals surface area contributed by atoms with Crippen LogP contribution in [0.15, 0.2) is 12.1 Å². The van der Waals surface area contributed by atoms with Crippen molar-refractivity contribution >= 4 is 88.6 Å². The average molecular weight is 864 g/mol. The molecule has 0 atom stereocenters. The van der Waals surface area contributed by atoms with E-state index in [1.807, 2.05) is 12.1 Å². The zero-order valence-corrected chi connectivity index (χ0v) is 27.7. The van der Waals surface area contributed by atoms with E-state index in [0.717, 1.165) is 18.6 Å². The van der Waals surface area contributed by atoms with Gasteiger partial charge < -0.3 is 28.4 Å². The highest BCUT2D eigenvalue weighted by Gasteiger charge is 2.09. The van der Waals surface area contributed by atoms with E-state index in [2.05, 4.69) is 77.0 Å². The standard InChI is InChI=1S/C24H34Br2I2O8/c25-5-1-19(29)3-7-31-9-11-33-13-15-35-23-17-22(28)24(18-21(23)27)36-16-14-34-12-10-32-8-4-20(30)2-6-26/h17-18H,1-16H2. The zero-order valence-electron chi connectivity index (χ0n) is 20.2. The minimum atomic E-state index is 0.198. The van der Waals surface area contributed by atoms with Crippen molar-refractivity contribution in [2.75, 3.05) is 76.7 Å². The normalized spacial score (nSPS) is 11.0. The molecule has 0 unspecified atom stereocenters. The monoisotopic (exact) mass is 862 g/mol. The first-order chi connectivity index (χ1) is 17.5. The Balaban J connectivity index is 2.10. The fraction of sp³-hybridized carbons (Fsp3) is 0.667. The number of halogens is 4. The van der Waals surface area contributed by atoms with E-state index in [-0.39, 0.29) is 11.6 Å².